The van der Waals surface area contributed by atoms with E-state index in [1.807, 2.05) is 0 Å². The average Bonchev–Trinajstić information content (AvgIpc) is 2.38. The summed E-state index contributed by atoms with van der Waals surface area (Å²) in [5, 5.41) is 13.9. The van der Waals surface area contributed by atoms with Gasteiger partial charge in [0.25, 0.3) is 0 Å². The molecule has 5 nitrogen and oxygen atoms in total. The van der Waals surface area contributed by atoms with Crippen LogP contribution in [0.2, 0.25) is 0 Å². The molecule has 0 bridgehead atoms. The van der Waals surface area contributed by atoms with Gasteiger partial charge < -0.3 is 10.4 Å². The fraction of sp³-hybridized carbons (Fsp3) is 0. The Balaban J connectivity index is 2.84. The Morgan fingerprint density at radius 1 is 1.11 bits per heavy atom. The number of aliphatic imine (C=N–C) groups is 1. The summed E-state index contributed by atoms with van der Waals surface area (Å²) in [6.45, 7) is 0. The monoisotopic (exact) mass is 257 g/mol. The molecule has 0 spiro atoms. The Morgan fingerprint density at radius 2 is 1.95 bits per heavy atom. The molecule has 0 fully saturated rings. The Labute approximate surface area is 111 Å². The molecule has 0 radical (unpaired) electrons. The highest BCUT2D eigenvalue weighted by Crippen LogP contribution is 1.94. The lowest BCUT2D eigenvalue weighted by Crippen LogP contribution is -2.18. The average molecular weight is 257 g/mol. The largest absolute Gasteiger partial charge is 0.465 e. The molecule has 0 unspecified atom stereocenters. The molecular formula is C14H15N3O2. The summed E-state index contributed by atoms with van der Waals surface area (Å²) >= 11 is 0. The van der Waals surface area contributed by atoms with Crippen LogP contribution in [-0.4, -0.2) is 17.4 Å². The summed E-state index contributed by atoms with van der Waals surface area (Å²) in [6.07, 6.45) is 19.4. The summed E-state index contributed by atoms with van der Waals surface area (Å²) in [5.74, 6) is 0. The standard InChI is InChI=1S/C14H15N3O2/c18-14(19)17-13-7-3-1-2-5-9-15-11-12-16-10-6-4-8-13/h1-12,16-17H,(H,18,19). The van der Waals surface area contributed by atoms with Gasteiger partial charge in [-0.25, -0.2) is 4.79 Å². The summed E-state index contributed by atoms with van der Waals surface area (Å²) < 4.78 is 0. The third-order valence-corrected chi connectivity index (χ3v) is 1.87. The molecule has 1 heterocycles. The predicted molar refractivity (Wildman–Crippen MR) is 76.6 cm³/mol. The zero-order valence-corrected chi connectivity index (χ0v) is 10.2. The van der Waals surface area contributed by atoms with Crippen molar-refractivity contribution in [2.75, 3.05) is 0 Å². The van der Waals surface area contributed by atoms with E-state index in [1.54, 1.807) is 73.4 Å². The van der Waals surface area contributed by atoms with E-state index in [4.69, 9.17) is 5.11 Å². The lowest BCUT2D eigenvalue weighted by atomic mass is 10.3. The number of allylic oxidation sites excluding steroid dienone is 8. The van der Waals surface area contributed by atoms with E-state index in [2.05, 4.69) is 15.6 Å². The molecule has 1 amide bonds. The molecule has 1 rings (SSSR count). The molecule has 19 heavy (non-hydrogen) atoms. The number of nitrogens with one attached hydrogen (secondary N) is 2. The van der Waals surface area contributed by atoms with Crippen LogP contribution in [-0.2, 0) is 0 Å². The van der Waals surface area contributed by atoms with Crippen molar-refractivity contribution in [3.05, 3.63) is 72.9 Å². The summed E-state index contributed by atoms with van der Waals surface area (Å²) in [6, 6.07) is 0. The molecule has 0 saturated carbocycles. The fourth-order valence-electron chi connectivity index (χ4n) is 1.11. The molecular weight excluding hydrogens is 242 g/mol. The summed E-state index contributed by atoms with van der Waals surface area (Å²) in [4.78, 5) is 14.6. The molecule has 1 aliphatic rings. The molecule has 0 aliphatic carbocycles. The van der Waals surface area contributed by atoms with Gasteiger partial charge in [0.15, 0.2) is 0 Å². The molecule has 0 atom stereocenters. The van der Waals surface area contributed by atoms with E-state index < -0.39 is 6.09 Å². The second-order valence-corrected chi connectivity index (χ2v) is 3.32. The number of hydrogen-bond donors (Lipinski definition) is 3. The summed E-state index contributed by atoms with van der Waals surface area (Å²) in [7, 11) is 0. The van der Waals surface area contributed by atoms with Crippen molar-refractivity contribution in [1.82, 2.24) is 10.6 Å². The third-order valence-electron chi connectivity index (χ3n) is 1.87. The van der Waals surface area contributed by atoms with Crippen molar-refractivity contribution in [2.24, 2.45) is 4.99 Å². The van der Waals surface area contributed by atoms with Gasteiger partial charge in [0.1, 0.15) is 0 Å². The van der Waals surface area contributed by atoms with Crippen molar-refractivity contribution in [1.29, 1.82) is 0 Å². The van der Waals surface area contributed by atoms with Crippen molar-refractivity contribution in [3.8, 4) is 0 Å². The van der Waals surface area contributed by atoms with Gasteiger partial charge in [-0.2, -0.15) is 0 Å². The molecule has 5 heteroatoms. The fourth-order valence-corrected chi connectivity index (χ4v) is 1.11. The minimum absolute atomic E-state index is 0.473. The van der Waals surface area contributed by atoms with Gasteiger partial charge in [0.2, 0.25) is 0 Å². The molecule has 0 aromatic heterocycles. The van der Waals surface area contributed by atoms with Gasteiger partial charge in [-0.15, -0.1) is 0 Å². The van der Waals surface area contributed by atoms with E-state index in [0.717, 1.165) is 0 Å². The minimum Gasteiger partial charge on any atom is -0.465 e. The smallest absolute Gasteiger partial charge is 0.409 e. The van der Waals surface area contributed by atoms with Gasteiger partial charge in [-0.05, 0) is 24.3 Å². The molecule has 3 N–H and O–H groups in total. The number of hydrogen-bond acceptors (Lipinski definition) is 3. The van der Waals surface area contributed by atoms with E-state index >= 15 is 0 Å². The zero-order chi connectivity index (χ0) is 13.8. The van der Waals surface area contributed by atoms with E-state index in [-0.39, 0.29) is 0 Å². The van der Waals surface area contributed by atoms with Crippen LogP contribution in [0.1, 0.15) is 0 Å². The minimum atomic E-state index is -1.10. The second kappa shape index (κ2) is 9.23. The first kappa shape index (κ1) is 14.2. The third kappa shape index (κ3) is 7.98. The normalized spacial score (nSPS) is 15.3. The van der Waals surface area contributed by atoms with Crippen LogP contribution in [0.5, 0.6) is 0 Å². The van der Waals surface area contributed by atoms with E-state index in [9.17, 15) is 4.79 Å². The maximum atomic E-state index is 10.6. The Morgan fingerprint density at radius 3 is 2.79 bits per heavy atom. The van der Waals surface area contributed by atoms with Gasteiger partial charge in [-0.3, -0.25) is 10.3 Å². The van der Waals surface area contributed by atoms with Gasteiger partial charge in [-0.1, -0.05) is 24.3 Å². The summed E-state index contributed by atoms with van der Waals surface area (Å²) in [5.41, 5.74) is 0.473. The number of rotatable bonds is 1. The zero-order valence-electron chi connectivity index (χ0n) is 10.2. The maximum absolute atomic E-state index is 10.6. The first-order valence-electron chi connectivity index (χ1n) is 5.60. The Kier molecular flexibility index (Phi) is 6.92. The number of carboxylic acid groups (broad SMARTS) is 1. The molecule has 0 aromatic rings. The van der Waals surface area contributed by atoms with Crippen LogP contribution in [0.15, 0.2) is 77.9 Å². The number of carbonyl (C=O) groups is 1. The molecule has 1 aliphatic heterocycles. The van der Waals surface area contributed by atoms with Crippen molar-refractivity contribution in [2.45, 2.75) is 0 Å². The first-order chi connectivity index (χ1) is 9.29. The van der Waals surface area contributed by atoms with Crippen LogP contribution in [0.3, 0.4) is 0 Å². The van der Waals surface area contributed by atoms with Crippen molar-refractivity contribution >= 4 is 12.3 Å². The van der Waals surface area contributed by atoms with Crippen LogP contribution in [0, 0.1) is 0 Å². The van der Waals surface area contributed by atoms with Gasteiger partial charge >= 0.3 is 6.09 Å². The number of nitrogens with zero attached hydrogens (tertiary/aromatic N) is 1. The SMILES string of the molecule is O=C(O)NC1=CC=CC=CC=NC=CNC=CC=C1. The predicted octanol–water partition coefficient (Wildman–Crippen LogP) is 2.47. The lowest BCUT2D eigenvalue weighted by molar-refractivity contribution is 0.198. The van der Waals surface area contributed by atoms with Crippen molar-refractivity contribution < 1.29 is 9.90 Å². The Hall–Kier alpha value is -2.82. The lowest BCUT2D eigenvalue weighted by Gasteiger charge is -1.98. The quantitative estimate of drug-likeness (QED) is 0.675. The Bertz CT molecular complexity index is 495. The van der Waals surface area contributed by atoms with Gasteiger partial charge in [0.05, 0.1) is 0 Å². The van der Waals surface area contributed by atoms with Crippen LogP contribution < -0.4 is 10.6 Å². The first-order valence-corrected chi connectivity index (χ1v) is 5.60. The second-order valence-electron chi connectivity index (χ2n) is 3.32. The van der Waals surface area contributed by atoms with E-state index in [0.29, 0.717) is 5.70 Å². The number of amides is 1. The topological polar surface area (TPSA) is 73.7 Å². The van der Waals surface area contributed by atoms with Crippen LogP contribution in [0.4, 0.5) is 4.79 Å². The molecule has 0 aromatic carbocycles. The highest BCUT2D eigenvalue weighted by molar-refractivity contribution is 5.72. The maximum Gasteiger partial charge on any atom is 0.409 e. The van der Waals surface area contributed by atoms with Crippen LogP contribution >= 0.6 is 0 Å². The molecule has 98 valence electrons. The van der Waals surface area contributed by atoms with Crippen LogP contribution in [0.25, 0.3) is 0 Å². The van der Waals surface area contributed by atoms with E-state index in [1.165, 1.54) is 0 Å². The van der Waals surface area contributed by atoms with Crippen molar-refractivity contribution in [3.63, 3.8) is 0 Å². The van der Waals surface area contributed by atoms with Gasteiger partial charge in [0, 0.05) is 30.5 Å². The molecule has 0 saturated heterocycles. The highest BCUT2D eigenvalue weighted by Gasteiger charge is 1.95. The highest BCUT2D eigenvalue weighted by atomic mass is 16.4.